The average molecular weight is 889 g/mol. The van der Waals surface area contributed by atoms with Gasteiger partial charge in [-0.05, 0) is 105 Å². The minimum atomic E-state index is -0.933. The molecule has 1 unspecified atom stereocenters. The summed E-state index contributed by atoms with van der Waals surface area (Å²) < 4.78 is 12.1. The van der Waals surface area contributed by atoms with Crippen LogP contribution in [0.15, 0.2) is 97.1 Å². The minimum absolute atomic E-state index is 0.0303. The molecule has 3 saturated carbocycles. The number of methoxy groups -OCH3 is 1. The summed E-state index contributed by atoms with van der Waals surface area (Å²) in [7, 11) is 9.49. The first-order valence-corrected chi connectivity index (χ1v) is 22.9. The van der Waals surface area contributed by atoms with Crippen LogP contribution in [0.4, 0.5) is 16.2 Å². The predicted octanol–water partition coefficient (Wildman–Crippen LogP) is 7.25. The van der Waals surface area contributed by atoms with E-state index in [4.69, 9.17) is 14.3 Å². The highest BCUT2D eigenvalue weighted by atomic mass is 16.7. The van der Waals surface area contributed by atoms with E-state index >= 15 is 0 Å². The number of carbonyl (C=O) groups is 3. The van der Waals surface area contributed by atoms with Crippen molar-refractivity contribution in [3.8, 4) is 16.9 Å². The second-order valence-electron chi connectivity index (χ2n) is 19.4. The SMILES string of the molecule is COc1c(CN2O[C@@H](CO)[C@@H]([C@H](C)OC(=O)Nc3ccccc3)[C@H]2C(=O)N[C@H]2C[C@H]3C[C@@H]([C@@H]2C)C3(C)C)cccc1-c1cc(C(=O)NC(Cc2ccccc2)CN(C)C)cc(N(C)C)c1. The summed E-state index contributed by atoms with van der Waals surface area (Å²) in [4.78, 5) is 52.8. The van der Waals surface area contributed by atoms with E-state index in [1.165, 1.54) is 6.42 Å². The number of rotatable bonds is 17. The maximum Gasteiger partial charge on any atom is 0.411 e. The smallest absolute Gasteiger partial charge is 0.411 e. The number of fused-ring (bicyclic) bond motifs is 2. The molecule has 4 aromatic rings. The molecule has 1 heterocycles. The number of hydroxylamine groups is 2. The van der Waals surface area contributed by atoms with Gasteiger partial charge in [0.1, 0.15) is 24.0 Å². The molecule has 0 radical (unpaired) electrons. The maximum atomic E-state index is 14.8. The van der Waals surface area contributed by atoms with Gasteiger partial charge in [-0.15, -0.1) is 0 Å². The number of nitrogens with one attached hydrogen (secondary N) is 3. The highest BCUT2D eigenvalue weighted by molar-refractivity contribution is 5.97. The molecule has 0 spiro atoms. The molecule has 2 bridgehead atoms. The number of nitrogens with zero attached hydrogens (tertiary/aromatic N) is 3. The molecular formula is C52H68N6O7. The van der Waals surface area contributed by atoms with Gasteiger partial charge >= 0.3 is 6.09 Å². The number of likely N-dealkylation sites (N-methyl/N-ethyl adjacent to an activating group) is 1. The second-order valence-corrected chi connectivity index (χ2v) is 19.4. The van der Waals surface area contributed by atoms with Crippen molar-refractivity contribution in [2.24, 2.45) is 29.1 Å². The van der Waals surface area contributed by atoms with E-state index in [2.05, 4.69) is 53.8 Å². The molecule has 3 amide bonds. The standard InChI is InChI=1S/C52H68N6O7/c1-32-43-27-38(52(43,3)4)28-44(32)55-50(61)47-46(33(2)64-51(62)54-39-20-14-11-15-21-39)45(31-59)65-58(47)29-35-19-16-22-42(48(35)63-9)36-24-37(26-41(25-36)57(7)8)49(60)53-40(30-56(5)6)23-34-17-12-10-13-18-34/h10-22,24-26,32-33,38,40,43-47,59H,23,27-31H2,1-9H3,(H,53,60)(H,54,62)(H,55,61)/t32-,33-,38+,40?,43-,44-,45-,46+,47-/m0/s1. The number of para-hydroxylation sites is 2. The lowest BCUT2D eigenvalue weighted by atomic mass is 9.45. The third-order valence-electron chi connectivity index (χ3n) is 14.2. The summed E-state index contributed by atoms with van der Waals surface area (Å²) in [6, 6.07) is 29.7. The van der Waals surface area contributed by atoms with E-state index in [9.17, 15) is 19.5 Å². The number of amides is 3. The molecule has 1 saturated heterocycles. The fourth-order valence-corrected chi connectivity index (χ4v) is 10.7. The first kappa shape index (κ1) is 47.5. The third kappa shape index (κ3) is 10.6. The molecule has 13 heteroatoms. The lowest BCUT2D eigenvalue weighted by Gasteiger charge is -2.62. The van der Waals surface area contributed by atoms with Gasteiger partial charge in [-0.3, -0.25) is 19.7 Å². The van der Waals surface area contributed by atoms with E-state index < -0.39 is 36.9 Å². The Morgan fingerprint density at radius 1 is 0.938 bits per heavy atom. The van der Waals surface area contributed by atoms with Crippen molar-refractivity contribution in [2.45, 2.75) is 83.8 Å². The van der Waals surface area contributed by atoms with E-state index in [0.29, 0.717) is 41.8 Å². The summed E-state index contributed by atoms with van der Waals surface area (Å²) >= 11 is 0. The molecule has 348 valence electrons. The van der Waals surface area contributed by atoms with Gasteiger partial charge in [0.05, 0.1) is 26.2 Å². The first-order valence-electron chi connectivity index (χ1n) is 22.9. The van der Waals surface area contributed by atoms with Crippen LogP contribution in [0, 0.1) is 29.1 Å². The second kappa shape index (κ2) is 20.4. The molecule has 4 aliphatic rings. The number of hydrogen-bond donors (Lipinski definition) is 4. The Kier molecular flexibility index (Phi) is 14.9. The Hall–Kier alpha value is -5.47. The van der Waals surface area contributed by atoms with Gasteiger partial charge in [-0.25, -0.2) is 4.79 Å². The molecule has 9 atom stereocenters. The Balaban J connectivity index is 1.18. The van der Waals surface area contributed by atoms with Crippen LogP contribution in [0.3, 0.4) is 0 Å². The lowest BCUT2D eigenvalue weighted by Crippen LogP contribution is -2.62. The van der Waals surface area contributed by atoms with Gasteiger partial charge in [-0.2, -0.15) is 5.06 Å². The average Bonchev–Trinajstić information content (AvgIpc) is 3.65. The third-order valence-corrected chi connectivity index (χ3v) is 14.2. The van der Waals surface area contributed by atoms with Crippen LogP contribution in [-0.4, -0.2) is 112 Å². The van der Waals surface area contributed by atoms with Gasteiger partial charge in [0.15, 0.2) is 0 Å². The summed E-state index contributed by atoms with van der Waals surface area (Å²) in [5.74, 6) is 0.693. The molecule has 0 aromatic heterocycles. The van der Waals surface area contributed by atoms with Crippen LogP contribution in [0.1, 0.15) is 62.0 Å². The molecule has 13 nitrogen and oxygen atoms in total. The normalized spacial score (nSPS) is 24.3. The lowest BCUT2D eigenvalue weighted by molar-refractivity contribution is -0.183. The van der Waals surface area contributed by atoms with Crippen molar-refractivity contribution in [3.63, 3.8) is 0 Å². The topological polar surface area (TPSA) is 145 Å². The van der Waals surface area contributed by atoms with Gasteiger partial charge in [0.25, 0.3) is 5.91 Å². The number of anilines is 2. The van der Waals surface area contributed by atoms with Crippen molar-refractivity contribution >= 4 is 29.3 Å². The zero-order valence-electron chi connectivity index (χ0n) is 39.4. The van der Waals surface area contributed by atoms with E-state index in [0.717, 1.165) is 34.4 Å². The number of aliphatic hydroxyl groups excluding tert-OH is 1. The first-order chi connectivity index (χ1) is 31.1. The number of carbonyl (C=O) groups excluding carboxylic acids is 3. The van der Waals surface area contributed by atoms with Crippen molar-refractivity contribution in [1.82, 2.24) is 20.6 Å². The quantitative estimate of drug-likeness (QED) is 0.0857. The van der Waals surface area contributed by atoms with Gasteiger partial charge in [0, 0.05) is 60.8 Å². The van der Waals surface area contributed by atoms with Crippen LogP contribution in [-0.2, 0) is 27.3 Å². The van der Waals surface area contributed by atoms with Crippen LogP contribution in [0.2, 0.25) is 0 Å². The molecule has 3 aliphatic carbocycles. The number of benzene rings is 4. The van der Waals surface area contributed by atoms with Crippen molar-refractivity contribution in [3.05, 3.63) is 114 Å². The molecule has 4 N–H and O–H groups in total. The Morgan fingerprint density at radius 2 is 1.65 bits per heavy atom. The highest BCUT2D eigenvalue weighted by Crippen LogP contribution is 2.61. The molecule has 65 heavy (non-hydrogen) atoms. The van der Waals surface area contributed by atoms with E-state index in [1.807, 2.05) is 106 Å². The summed E-state index contributed by atoms with van der Waals surface area (Å²) in [6.45, 7) is 8.99. The Morgan fingerprint density at radius 3 is 2.28 bits per heavy atom. The van der Waals surface area contributed by atoms with Crippen LogP contribution < -0.4 is 25.6 Å². The largest absolute Gasteiger partial charge is 0.496 e. The molecule has 8 rings (SSSR count). The molecule has 4 fully saturated rings. The van der Waals surface area contributed by atoms with E-state index in [-0.39, 0.29) is 41.8 Å². The zero-order chi connectivity index (χ0) is 46.6. The van der Waals surface area contributed by atoms with Crippen molar-refractivity contribution in [2.75, 3.05) is 58.7 Å². The van der Waals surface area contributed by atoms with Crippen molar-refractivity contribution in [1.29, 1.82) is 0 Å². The van der Waals surface area contributed by atoms with Crippen LogP contribution in [0.5, 0.6) is 5.75 Å². The van der Waals surface area contributed by atoms with Gasteiger partial charge < -0.3 is 35.0 Å². The number of aliphatic hydroxyl groups is 1. The highest BCUT2D eigenvalue weighted by Gasteiger charge is 2.57. The van der Waals surface area contributed by atoms with Gasteiger partial charge in [0.2, 0.25) is 5.91 Å². The molecular weight excluding hydrogens is 821 g/mol. The maximum absolute atomic E-state index is 14.8. The monoisotopic (exact) mass is 889 g/mol. The zero-order valence-corrected chi connectivity index (χ0v) is 39.4. The number of ether oxygens (including phenoxy) is 2. The number of hydrogen-bond acceptors (Lipinski definition) is 10. The minimum Gasteiger partial charge on any atom is -0.496 e. The van der Waals surface area contributed by atoms with Crippen LogP contribution in [0.25, 0.3) is 11.1 Å². The summed E-state index contributed by atoms with van der Waals surface area (Å²) in [5.41, 5.74) is 5.53. The van der Waals surface area contributed by atoms with Crippen LogP contribution >= 0.6 is 0 Å². The Bertz CT molecular complexity index is 2270. The molecule has 4 aromatic carbocycles. The van der Waals surface area contributed by atoms with Crippen molar-refractivity contribution < 1.29 is 33.8 Å². The fraction of sp³-hybridized carbons (Fsp3) is 0.481. The fourth-order valence-electron chi connectivity index (χ4n) is 10.7. The Labute approximate surface area is 384 Å². The predicted molar refractivity (Wildman–Crippen MR) is 255 cm³/mol. The summed E-state index contributed by atoms with van der Waals surface area (Å²) in [6.07, 6.45) is 0.375. The summed E-state index contributed by atoms with van der Waals surface area (Å²) in [5, 5.41) is 21.9. The molecule has 1 aliphatic heterocycles. The van der Waals surface area contributed by atoms with E-state index in [1.54, 1.807) is 31.2 Å². The van der Waals surface area contributed by atoms with Gasteiger partial charge in [-0.1, -0.05) is 87.5 Å².